The predicted molar refractivity (Wildman–Crippen MR) is 96.0 cm³/mol. The summed E-state index contributed by atoms with van der Waals surface area (Å²) < 4.78 is 5.75. The number of carboxylic acids is 1. The van der Waals surface area contributed by atoms with E-state index < -0.39 is 5.97 Å². The van der Waals surface area contributed by atoms with Crippen LogP contribution in [0.5, 0.6) is 11.5 Å². The van der Waals surface area contributed by atoms with Crippen LogP contribution in [0.25, 0.3) is 6.08 Å². The van der Waals surface area contributed by atoms with Crippen molar-refractivity contribution in [3.63, 3.8) is 0 Å². The fourth-order valence-electron chi connectivity index (χ4n) is 2.00. The van der Waals surface area contributed by atoms with Crippen LogP contribution in [-0.2, 0) is 9.59 Å². The lowest BCUT2D eigenvalue weighted by molar-refractivity contribution is -0.137. The summed E-state index contributed by atoms with van der Waals surface area (Å²) in [6, 6.07) is 4.86. The molecule has 1 amide bonds. The third kappa shape index (κ3) is 4.48. The molecule has 0 spiro atoms. The number of amides is 1. The molecule has 1 heterocycles. The summed E-state index contributed by atoms with van der Waals surface area (Å²) in [5.74, 6) is -0.787. The van der Waals surface area contributed by atoms with Gasteiger partial charge in [-0.1, -0.05) is 30.9 Å². The molecule has 1 fully saturated rings. The van der Waals surface area contributed by atoms with Gasteiger partial charge in [-0.05, 0) is 24.6 Å². The second kappa shape index (κ2) is 8.16. The number of carbonyl (C=O) groups excluding carboxylic acids is 1. The second-order valence-corrected chi connectivity index (χ2v) is 6.72. The van der Waals surface area contributed by atoms with E-state index >= 15 is 0 Å². The van der Waals surface area contributed by atoms with Gasteiger partial charge in [-0.25, -0.2) is 0 Å². The molecular weight excluding hydrogens is 350 g/mol. The molecule has 2 N–H and O–H groups in total. The normalized spacial score (nSPS) is 16.0. The maximum absolute atomic E-state index is 12.3. The maximum Gasteiger partial charge on any atom is 0.305 e. The highest BCUT2D eigenvalue weighted by atomic mass is 32.2. The number of hydrogen-bond acceptors (Lipinski definition) is 6. The van der Waals surface area contributed by atoms with Gasteiger partial charge in [0.15, 0.2) is 0 Å². The van der Waals surface area contributed by atoms with Gasteiger partial charge in [0.1, 0.15) is 15.8 Å². The lowest BCUT2D eigenvalue weighted by Gasteiger charge is -2.12. The van der Waals surface area contributed by atoms with Crippen molar-refractivity contribution in [1.29, 1.82) is 0 Å². The number of nitrogens with zero attached hydrogens (tertiary/aromatic N) is 1. The Kier molecular flexibility index (Phi) is 6.22. The van der Waals surface area contributed by atoms with E-state index in [-0.39, 0.29) is 24.6 Å². The second-order valence-electron chi connectivity index (χ2n) is 5.05. The van der Waals surface area contributed by atoms with Gasteiger partial charge in [0, 0.05) is 18.2 Å². The number of phenols is 1. The van der Waals surface area contributed by atoms with Crippen molar-refractivity contribution in [3.05, 3.63) is 28.7 Å². The van der Waals surface area contributed by atoms with Crippen LogP contribution in [0, 0.1) is 0 Å². The number of thioether (sulfide) groups is 1. The zero-order valence-corrected chi connectivity index (χ0v) is 14.7. The molecule has 0 unspecified atom stereocenters. The zero-order chi connectivity index (χ0) is 17.7. The minimum absolute atomic E-state index is 0.000549. The highest BCUT2D eigenvalue weighted by Crippen LogP contribution is 2.35. The van der Waals surface area contributed by atoms with Gasteiger partial charge in [-0.3, -0.25) is 14.5 Å². The summed E-state index contributed by atoms with van der Waals surface area (Å²) in [7, 11) is 0. The number of thiocarbonyl (C=S) groups is 1. The molecule has 128 valence electrons. The molecule has 8 heteroatoms. The Morgan fingerprint density at radius 3 is 2.83 bits per heavy atom. The number of ether oxygens (including phenoxy) is 1. The number of rotatable bonds is 7. The summed E-state index contributed by atoms with van der Waals surface area (Å²) in [4.78, 5) is 24.6. The van der Waals surface area contributed by atoms with Crippen molar-refractivity contribution in [2.75, 3.05) is 13.2 Å². The van der Waals surface area contributed by atoms with E-state index in [2.05, 4.69) is 0 Å². The monoisotopic (exact) mass is 367 g/mol. The Hall–Kier alpha value is -2.06. The third-order valence-corrected chi connectivity index (χ3v) is 4.56. The van der Waals surface area contributed by atoms with Crippen molar-refractivity contribution < 1.29 is 24.5 Å². The van der Waals surface area contributed by atoms with E-state index in [0.29, 0.717) is 27.1 Å². The molecule has 1 aliphatic heterocycles. The first-order valence-electron chi connectivity index (χ1n) is 7.35. The molecule has 24 heavy (non-hydrogen) atoms. The van der Waals surface area contributed by atoms with Crippen LogP contribution in [0.4, 0.5) is 0 Å². The van der Waals surface area contributed by atoms with Crippen LogP contribution in [0.3, 0.4) is 0 Å². The molecule has 2 rings (SSSR count). The van der Waals surface area contributed by atoms with Gasteiger partial charge in [0.05, 0.1) is 17.9 Å². The lowest BCUT2D eigenvalue weighted by atomic mass is 10.1. The van der Waals surface area contributed by atoms with E-state index in [1.807, 2.05) is 6.92 Å². The predicted octanol–water partition coefficient (Wildman–Crippen LogP) is 2.86. The Morgan fingerprint density at radius 2 is 2.21 bits per heavy atom. The smallest absolute Gasteiger partial charge is 0.305 e. The first-order valence-corrected chi connectivity index (χ1v) is 8.57. The number of phenolic OH excluding ortho intramolecular Hbond substituents is 1. The Balaban J connectivity index is 2.15. The number of aliphatic carboxylic acids is 1. The van der Waals surface area contributed by atoms with E-state index in [9.17, 15) is 14.7 Å². The summed E-state index contributed by atoms with van der Waals surface area (Å²) in [6.07, 6.45) is 2.23. The van der Waals surface area contributed by atoms with Crippen LogP contribution >= 0.6 is 24.0 Å². The average Bonchev–Trinajstić information content (AvgIpc) is 2.79. The minimum Gasteiger partial charge on any atom is -0.507 e. The fourth-order valence-corrected chi connectivity index (χ4v) is 3.30. The van der Waals surface area contributed by atoms with Crippen LogP contribution < -0.4 is 4.74 Å². The Labute approximate surface area is 149 Å². The van der Waals surface area contributed by atoms with Gasteiger partial charge in [-0.15, -0.1) is 0 Å². The quantitative estimate of drug-likeness (QED) is 0.566. The largest absolute Gasteiger partial charge is 0.507 e. The fraction of sp³-hybridized carbons (Fsp3) is 0.312. The molecule has 1 aliphatic rings. The van der Waals surface area contributed by atoms with E-state index in [0.717, 1.165) is 18.2 Å². The minimum atomic E-state index is -0.992. The molecule has 6 nitrogen and oxygen atoms in total. The SMILES string of the molecule is CCCOc1ccc(/C=C2\SC(=S)N(CCC(=O)O)C2=O)c(O)c1. The Morgan fingerprint density at radius 1 is 1.46 bits per heavy atom. The zero-order valence-electron chi connectivity index (χ0n) is 13.0. The number of aromatic hydroxyl groups is 1. The highest BCUT2D eigenvalue weighted by molar-refractivity contribution is 8.26. The molecule has 0 bridgehead atoms. The van der Waals surface area contributed by atoms with Crippen LogP contribution in [-0.4, -0.2) is 44.5 Å². The van der Waals surface area contributed by atoms with Crippen molar-refractivity contribution in [2.24, 2.45) is 0 Å². The highest BCUT2D eigenvalue weighted by Gasteiger charge is 2.32. The van der Waals surface area contributed by atoms with Crippen molar-refractivity contribution >= 4 is 46.3 Å². The van der Waals surface area contributed by atoms with Gasteiger partial charge >= 0.3 is 5.97 Å². The molecule has 0 atom stereocenters. The van der Waals surface area contributed by atoms with Crippen molar-refractivity contribution in [3.8, 4) is 11.5 Å². The van der Waals surface area contributed by atoms with E-state index in [4.69, 9.17) is 22.1 Å². The number of hydrogen-bond donors (Lipinski definition) is 2. The molecule has 1 saturated heterocycles. The van der Waals surface area contributed by atoms with Gasteiger partial charge in [0.2, 0.25) is 0 Å². The van der Waals surface area contributed by atoms with E-state index in [1.54, 1.807) is 18.2 Å². The number of benzene rings is 1. The molecule has 0 aliphatic carbocycles. The van der Waals surface area contributed by atoms with Crippen LogP contribution in [0.1, 0.15) is 25.3 Å². The average molecular weight is 367 g/mol. The topological polar surface area (TPSA) is 87.1 Å². The summed E-state index contributed by atoms with van der Waals surface area (Å²) in [5.41, 5.74) is 0.470. The maximum atomic E-state index is 12.3. The van der Waals surface area contributed by atoms with Crippen molar-refractivity contribution in [1.82, 2.24) is 4.90 Å². The van der Waals surface area contributed by atoms with Crippen LogP contribution in [0.2, 0.25) is 0 Å². The molecule has 0 radical (unpaired) electrons. The summed E-state index contributed by atoms with van der Waals surface area (Å²) >= 11 is 6.20. The molecule has 0 aromatic heterocycles. The van der Waals surface area contributed by atoms with Crippen LogP contribution in [0.15, 0.2) is 23.1 Å². The third-order valence-electron chi connectivity index (χ3n) is 3.18. The molecule has 0 saturated carbocycles. The molecule has 1 aromatic carbocycles. The summed E-state index contributed by atoms with van der Waals surface area (Å²) in [6.45, 7) is 2.58. The van der Waals surface area contributed by atoms with Gasteiger partial charge in [-0.2, -0.15) is 0 Å². The summed E-state index contributed by atoms with van der Waals surface area (Å²) in [5, 5.41) is 18.8. The number of carboxylic acid groups (broad SMARTS) is 1. The first-order chi connectivity index (χ1) is 11.4. The number of carbonyl (C=O) groups is 2. The molecule has 1 aromatic rings. The first kappa shape index (κ1) is 18.3. The van der Waals surface area contributed by atoms with E-state index in [1.165, 1.54) is 11.0 Å². The standard InChI is InChI=1S/C16H17NO5S2/c1-2-7-22-11-4-3-10(12(18)9-11)8-13-15(21)17(16(23)24-13)6-5-14(19)20/h3-4,8-9,18H,2,5-7H2,1H3,(H,19,20)/b13-8-. The Bertz CT molecular complexity index is 702. The lowest BCUT2D eigenvalue weighted by Crippen LogP contribution is -2.30. The molecular formula is C16H17NO5S2. The van der Waals surface area contributed by atoms with Gasteiger partial charge < -0.3 is 14.9 Å². The van der Waals surface area contributed by atoms with Crippen molar-refractivity contribution in [2.45, 2.75) is 19.8 Å². The van der Waals surface area contributed by atoms with Gasteiger partial charge in [0.25, 0.3) is 5.91 Å².